The normalized spacial score (nSPS) is 10.2. The number of H-pyrrole nitrogens is 1. The standard InChI is InChI=1S/C16H14N4OS/c1-11-15(18-16(22)20-19-11)17-12-7-9-14(10-8-12)21-13-5-3-2-4-6-13/h2-10H,1H3,(H2,17,18,20,22). The van der Waals surface area contributed by atoms with Crippen molar-refractivity contribution in [2.24, 2.45) is 0 Å². The Hall–Kier alpha value is -2.73. The number of aromatic nitrogens is 3. The minimum absolute atomic E-state index is 0.345. The zero-order valence-electron chi connectivity index (χ0n) is 11.9. The molecule has 5 nitrogen and oxygen atoms in total. The second kappa shape index (κ2) is 6.36. The minimum Gasteiger partial charge on any atom is -0.457 e. The van der Waals surface area contributed by atoms with Crippen LogP contribution in [-0.2, 0) is 0 Å². The highest BCUT2D eigenvalue weighted by Crippen LogP contribution is 2.24. The fourth-order valence-corrected chi connectivity index (χ4v) is 2.02. The lowest BCUT2D eigenvalue weighted by atomic mass is 10.3. The summed E-state index contributed by atoms with van der Waals surface area (Å²) in [6.45, 7) is 1.85. The van der Waals surface area contributed by atoms with Gasteiger partial charge in [-0.1, -0.05) is 18.2 Å². The predicted octanol–water partition coefficient (Wildman–Crippen LogP) is 4.38. The van der Waals surface area contributed by atoms with Crippen molar-refractivity contribution in [2.45, 2.75) is 6.92 Å². The highest BCUT2D eigenvalue weighted by atomic mass is 32.1. The van der Waals surface area contributed by atoms with Crippen molar-refractivity contribution in [3.05, 3.63) is 65.1 Å². The highest BCUT2D eigenvalue weighted by molar-refractivity contribution is 7.71. The molecule has 0 atom stereocenters. The second-order valence-corrected chi connectivity index (χ2v) is 5.03. The quantitative estimate of drug-likeness (QED) is 0.700. The van der Waals surface area contributed by atoms with Gasteiger partial charge in [0.2, 0.25) is 4.77 Å². The van der Waals surface area contributed by atoms with E-state index < -0.39 is 0 Å². The first-order valence-electron chi connectivity index (χ1n) is 6.74. The zero-order chi connectivity index (χ0) is 15.4. The van der Waals surface area contributed by atoms with E-state index in [1.807, 2.05) is 61.5 Å². The first-order valence-corrected chi connectivity index (χ1v) is 7.15. The van der Waals surface area contributed by atoms with Gasteiger partial charge >= 0.3 is 0 Å². The van der Waals surface area contributed by atoms with Crippen LogP contribution in [0.5, 0.6) is 11.5 Å². The van der Waals surface area contributed by atoms with Gasteiger partial charge in [0, 0.05) is 5.69 Å². The Bertz CT molecular complexity index is 816. The van der Waals surface area contributed by atoms with E-state index in [2.05, 4.69) is 20.5 Å². The van der Waals surface area contributed by atoms with Crippen LogP contribution < -0.4 is 10.1 Å². The van der Waals surface area contributed by atoms with E-state index in [-0.39, 0.29) is 0 Å². The van der Waals surface area contributed by atoms with Crippen molar-refractivity contribution < 1.29 is 4.74 Å². The maximum Gasteiger partial charge on any atom is 0.215 e. The Labute approximate surface area is 133 Å². The summed E-state index contributed by atoms with van der Waals surface area (Å²) in [5.74, 6) is 2.21. The molecule has 2 aromatic carbocycles. The second-order valence-electron chi connectivity index (χ2n) is 4.64. The molecule has 22 heavy (non-hydrogen) atoms. The molecule has 0 aliphatic rings. The summed E-state index contributed by atoms with van der Waals surface area (Å²) in [5, 5.41) is 9.91. The first kappa shape index (κ1) is 14.2. The lowest BCUT2D eigenvalue weighted by molar-refractivity contribution is 0.483. The van der Waals surface area contributed by atoms with Crippen LogP contribution in [0.3, 0.4) is 0 Å². The molecule has 2 N–H and O–H groups in total. The number of hydrogen-bond acceptors (Lipinski definition) is 5. The van der Waals surface area contributed by atoms with E-state index in [1.54, 1.807) is 0 Å². The van der Waals surface area contributed by atoms with Gasteiger partial charge in [-0.15, -0.1) is 0 Å². The number of rotatable bonds is 4. The lowest BCUT2D eigenvalue weighted by Crippen LogP contribution is -2.00. The van der Waals surface area contributed by atoms with Crippen LogP contribution >= 0.6 is 12.2 Å². The van der Waals surface area contributed by atoms with Crippen molar-refractivity contribution in [1.82, 2.24) is 15.2 Å². The molecule has 0 saturated carbocycles. The lowest BCUT2D eigenvalue weighted by Gasteiger charge is -2.09. The Balaban J connectivity index is 1.74. The molecule has 0 aliphatic heterocycles. The monoisotopic (exact) mass is 310 g/mol. The third-order valence-electron chi connectivity index (χ3n) is 2.97. The fraction of sp³-hybridized carbons (Fsp3) is 0.0625. The number of benzene rings is 2. The molecule has 0 amide bonds. The summed E-state index contributed by atoms with van der Waals surface area (Å²) in [4.78, 5) is 4.21. The van der Waals surface area contributed by atoms with Gasteiger partial charge in [0.25, 0.3) is 0 Å². The van der Waals surface area contributed by atoms with Crippen LogP contribution in [0.25, 0.3) is 0 Å². The third-order valence-corrected chi connectivity index (χ3v) is 3.15. The molecule has 0 spiro atoms. The van der Waals surface area contributed by atoms with E-state index in [4.69, 9.17) is 17.0 Å². The molecule has 3 rings (SSSR count). The average molecular weight is 310 g/mol. The van der Waals surface area contributed by atoms with Gasteiger partial charge < -0.3 is 10.1 Å². The van der Waals surface area contributed by atoms with E-state index in [9.17, 15) is 0 Å². The Morgan fingerprint density at radius 2 is 1.68 bits per heavy atom. The van der Waals surface area contributed by atoms with Gasteiger partial charge in [-0.2, -0.15) is 10.1 Å². The molecule has 1 aromatic heterocycles. The van der Waals surface area contributed by atoms with Crippen molar-refractivity contribution >= 4 is 23.7 Å². The van der Waals surface area contributed by atoms with Gasteiger partial charge in [0.05, 0.1) is 0 Å². The highest BCUT2D eigenvalue weighted by Gasteiger charge is 2.03. The molecule has 0 fully saturated rings. The molecule has 6 heteroatoms. The molecule has 0 unspecified atom stereocenters. The summed E-state index contributed by atoms with van der Waals surface area (Å²) in [7, 11) is 0. The molecule has 110 valence electrons. The summed E-state index contributed by atoms with van der Waals surface area (Å²) in [6, 6.07) is 17.3. The zero-order valence-corrected chi connectivity index (χ0v) is 12.7. The summed E-state index contributed by atoms with van der Waals surface area (Å²) < 4.78 is 6.09. The Kier molecular flexibility index (Phi) is 4.11. The van der Waals surface area contributed by atoms with Crippen molar-refractivity contribution in [1.29, 1.82) is 0 Å². The Morgan fingerprint density at radius 1 is 1.00 bits per heavy atom. The van der Waals surface area contributed by atoms with E-state index in [0.29, 0.717) is 10.6 Å². The molecular weight excluding hydrogens is 296 g/mol. The molecule has 0 aliphatic carbocycles. The minimum atomic E-state index is 0.345. The molecule has 0 radical (unpaired) electrons. The number of aryl methyl sites for hydroxylation is 1. The number of hydrogen-bond donors (Lipinski definition) is 2. The molecule has 3 aromatic rings. The number of para-hydroxylation sites is 1. The number of nitrogens with zero attached hydrogens (tertiary/aromatic N) is 2. The first-order chi connectivity index (χ1) is 10.7. The maximum atomic E-state index is 5.75. The number of nitrogens with one attached hydrogen (secondary N) is 2. The molecule has 1 heterocycles. The van der Waals surface area contributed by atoms with Crippen LogP contribution in [0, 0.1) is 11.7 Å². The average Bonchev–Trinajstić information content (AvgIpc) is 2.54. The van der Waals surface area contributed by atoms with Crippen LogP contribution in [0.15, 0.2) is 54.6 Å². The number of anilines is 2. The smallest absolute Gasteiger partial charge is 0.215 e. The molecule has 0 bridgehead atoms. The predicted molar refractivity (Wildman–Crippen MR) is 88.2 cm³/mol. The van der Waals surface area contributed by atoms with Crippen molar-refractivity contribution in [2.75, 3.05) is 5.32 Å². The largest absolute Gasteiger partial charge is 0.457 e. The Morgan fingerprint density at radius 3 is 2.41 bits per heavy atom. The van der Waals surface area contributed by atoms with Gasteiger partial charge in [0.15, 0.2) is 5.82 Å². The SMILES string of the molecule is Cc1n[nH]c(=S)nc1Nc1ccc(Oc2ccccc2)cc1. The van der Waals surface area contributed by atoms with Gasteiger partial charge in [-0.3, -0.25) is 5.10 Å². The van der Waals surface area contributed by atoms with Crippen LogP contribution in [0.2, 0.25) is 0 Å². The van der Waals surface area contributed by atoms with Gasteiger partial charge in [-0.05, 0) is 55.5 Å². The van der Waals surface area contributed by atoms with Crippen LogP contribution in [0.1, 0.15) is 5.69 Å². The third kappa shape index (κ3) is 3.48. The fourth-order valence-electron chi connectivity index (χ4n) is 1.88. The van der Waals surface area contributed by atoms with Crippen LogP contribution in [0.4, 0.5) is 11.5 Å². The van der Waals surface area contributed by atoms with Crippen molar-refractivity contribution in [3.63, 3.8) is 0 Å². The topological polar surface area (TPSA) is 62.8 Å². The van der Waals surface area contributed by atoms with Gasteiger partial charge in [-0.25, -0.2) is 0 Å². The number of ether oxygens (including phenoxy) is 1. The van der Waals surface area contributed by atoms with Crippen molar-refractivity contribution in [3.8, 4) is 11.5 Å². The number of aromatic amines is 1. The van der Waals surface area contributed by atoms with E-state index in [0.717, 1.165) is 22.9 Å². The summed E-state index contributed by atoms with van der Waals surface area (Å²) in [6.07, 6.45) is 0. The van der Waals surface area contributed by atoms with E-state index >= 15 is 0 Å². The van der Waals surface area contributed by atoms with Crippen LogP contribution in [-0.4, -0.2) is 15.2 Å². The molecule has 0 saturated heterocycles. The molecular formula is C16H14N4OS. The summed E-state index contributed by atoms with van der Waals surface area (Å²) >= 11 is 4.98. The maximum absolute atomic E-state index is 5.75. The van der Waals surface area contributed by atoms with Gasteiger partial charge in [0.1, 0.15) is 17.2 Å². The van der Waals surface area contributed by atoms with E-state index in [1.165, 1.54) is 0 Å². The summed E-state index contributed by atoms with van der Waals surface area (Å²) in [5.41, 5.74) is 1.64.